The molecule has 7 nitrogen and oxygen atoms in total. The number of fused-ring (bicyclic) bond motifs is 2. The fourth-order valence-corrected chi connectivity index (χ4v) is 4.71. The summed E-state index contributed by atoms with van der Waals surface area (Å²) in [7, 11) is 0. The fraction of sp³-hybridized carbons (Fsp3) is 0.214. The Balaban J connectivity index is 1.17. The van der Waals surface area contributed by atoms with Crippen LogP contribution in [0.15, 0.2) is 72.9 Å². The maximum Gasteiger partial charge on any atom is 0.251 e. The summed E-state index contributed by atoms with van der Waals surface area (Å²) >= 11 is 0. The van der Waals surface area contributed by atoms with Crippen LogP contribution in [-0.2, 0) is 6.54 Å². The lowest BCUT2D eigenvalue weighted by Gasteiger charge is -2.37. The number of ether oxygens (including phenoxy) is 2. The molecule has 2 aliphatic rings. The van der Waals surface area contributed by atoms with Gasteiger partial charge < -0.3 is 24.6 Å². The first-order chi connectivity index (χ1) is 17.6. The summed E-state index contributed by atoms with van der Waals surface area (Å²) in [5.74, 6) is 1.91. The highest BCUT2D eigenvalue weighted by atomic mass is 19.1. The minimum absolute atomic E-state index is 0.148. The Kier molecular flexibility index (Phi) is 5.77. The van der Waals surface area contributed by atoms with Crippen molar-refractivity contribution in [2.24, 2.45) is 0 Å². The van der Waals surface area contributed by atoms with Crippen molar-refractivity contribution in [1.29, 1.82) is 0 Å². The van der Waals surface area contributed by atoms with E-state index in [-0.39, 0.29) is 18.5 Å². The standard InChI is InChI=1S/C28H25FN4O3/c29-22-4-6-23(7-5-22)32-11-13-33(14-12-32)27-24-16-21(3-2-20(24)9-10-30-27)28(34)31-17-19-1-8-25-26(15-19)36-18-35-25/h1-10,15-16H,11-14,17-18H2,(H,31,34). The molecule has 6 rings (SSSR count). The molecule has 0 radical (unpaired) electrons. The zero-order valence-electron chi connectivity index (χ0n) is 19.6. The van der Waals surface area contributed by atoms with Crippen LogP contribution < -0.4 is 24.6 Å². The molecule has 0 spiro atoms. The number of carbonyl (C=O) groups is 1. The summed E-state index contributed by atoms with van der Waals surface area (Å²) in [6, 6.07) is 20.0. The molecule has 36 heavy (non-hydrogen) atoms. The van der Waals surface area contributed by atoms with Crippen molar-refractivity contribution in [2.45, 2.75) is 6.54 Å². The van der Waals surface area contributed by atoms with Gasteiger partial charge in [0.15, 0.2) is 11.5 Å². The van der Waals surface area contributed by atoms with E-state index >= 15 is 0 Å². The van der Waals surface area contributed by atoms with Crippen LogP contribution in [0.5, 0.6) is 11.5 Å². The Morgan fingerprint density at radius 1 is 0.889 bits per heavy atom. The Hall–Kier alpha value is -4.33. The number of benzene rings is 3. The first-order valence-corrected chi connectivity index (χ1v) is 11.9. The third kappa shape index (κ3) is 4.37. The average molecular weight is 485 g/mol. The van der Waals surface area contributed by atoms with E-state index in [0.717, 1.165) is 59.8 Å². The summed E-state index contributed by atoms with van der Waals surface area (Å²) < 4.78 is 24.1. The van der Waals surface area contributed by atoms with E-state index in [4.69, 9.17) is 9.47 Å². The van der Waals surface area contributed by atoms with Gasteiger partial charge in [0.25, 0.3) is 5.91 Å². The number of nitrogens with zero attached hydrogens (tertiary/aromatic N) is 3. The van der Waals surface area contributed by atoms with Crippen LogP contribution in [0, 0.1) is 5.82 Å². The molecule has 2 aliphatic heterocycles. The van der Waals surface area contributed by atoms with Crippen LogP contribution in [0.1, 0.15) is 15.9 Å². The van der Waals surface area contributed by atoms with E-state index in [2.05, 4.69) is 20.1 Å². The second-order valence-electron chi connectivity index (χ2n) is 8.89. The van der Waals surface area contributed by atoms with Gasteiger partial charge in [-0.05, 0) is 65.5 Å². The summed E-state index contributed by atoms with van der Waals surface area (Å²) in [5.41, 5.74) is 2.54. The quantitative estimate of drug-likeness (QED) is 0.454. The topological polar surface area (TPSA) is 66.9 Å². The molecule has 3 heterocycles. The van der Waals surface area contributed by atoms with Gasteiger partial charge in [0, 0.05) is 55.6 Å². The normalized spacial score (nSPS) is 14.8. The minimum Gasteiger partial charge on any atom is -0.454 e. The van der Waals surface area contributed by atoms with E-state index in [1.54, 1.807) is 0 Å². The molecule has 1 aromatic heterocycles. The number of piperazine rings is 1. The summed E-state index contributed by atoms with van der Waals surface area (Å²) in [4.78, 5) is 22.1. The van der Waals surface area contributed by atoms with Crippen LogP contribution in [0.3, 0.4) is 0 Å². The summed E-state index contributed by atoms with van der Waals surface area (Å²) in [5, 5.41) is 4.98. The van der Waals surface area contributed by atoms with Crippen molar-refractivity contribution < 1.29 is 18.7 Å². The van der Waals surface area contributed by atoms with Gasteiger partial charge >= 0.3 is 0 Å². The van der Waals surface area contributed by atoms with Gasteiger partial charge in [0.2, 0.25) is 6.79 Å². The number of amides is 1. The molecule has 1 N–H and O–H groups in total. The number of hydrogen-bond donors (Lipinski definition) is 1. The first kappa shape index (κ1) is 22.2. The Morgan fingerprint density at radius 3 is 2.50 bits per heavy atom. The van der Waals surface area contributed by atoms with Crippen LogP contribution in [0.2, 0.25) is 0 Å². The number of rotatable bonds is 5. The van der Waals surface area contributed by atoms with Crippen LogP contribution in [0.4, 0.5) is 15.9 Å². The maximum absolute atomic E-state index is 13.3. The number of aromatic nitrogens is 1. The van der Waals surface area contributed by atoms with E-state index < -0.39 is 0 Å². The number of hydrogen-bond acceptors (Lipinski definition) is 6. The summed E-state index contributed by atoms with van der Waals surface area (Å²) in [6.07, 6.45) is 1.81. The van der Waals surface area contributed by atoms with E-state index in [9.17, 15) is 9.18 Å². The van der Waals surface area contributed by atoms with E-state index in [1.165, 1.54) is 12.1 Å². The van der Waals surface area contributed by atoms with Crippen molar-refractivity contribution >= 4 is 28.2 Å². The third-order valence-corrected chi connectivity index (χ3v) is 6.67. The van der Waals surface area contributed by atoms with E-state index in [0.29, 0.717) is 17.9 Å². The third-order valence-electron chi connectivity index (χ3n) is 6.67. The zero-order valence-corrected chi connectivity index (χ0v) is 19.6. The zero-order chi connectivity index (χ0) is 24.5. The number of carbonyl (C=O) groups excluding carboxylic acids is 1. The lowest BCUT2D eigenvalue weighted by atomic mass is 10.1. The monoisotopic (exact) mass is 484 g/mol. The molecule has 4 aromatic rings. The number of nitrogens with one attached hydrogen (secondary N) is 1. The first-order valence-electron chi connectivity index (χ1n) is 11.9. The van der Waals surface area contributed by atoms with Gasteiger partial charge in [-0.2, -0.15) is 0 Å². The molecular formula is C28H25FN4O3. The molecule has 1 fully saturated rings. The van der Waals surface area contributed by atoms with Crippen molar-refractivity contribution in [1.82, 2.24) is 10.3 Å². The smallest absolute Gasteiger partial charge is 0.251 e. The second kappa shape index (κ2) is 9.37. The van der Waals surface area contributed by atoms with Crippen molar-refractivity contribution in [3.05, 3.63) is 89.9 Å². The summed E-state index contributed by atoms with van der Waals surface area (Å²) in [6.45, 7) is 3.78. The molecule has 3 aromatic carbocycles. The van der Waals surface area contributed by atoms with Gasteiger partial charge in [-0.15, -0.1) is 0 Å². The lowest BCUT2D eigenvalue weighted by molar-refractivity contribution is 0.0951. The number of anilines is 2. The molecule has 0 unspecified atom stereocenters. The molecule has 0 aliphatic carbocycles. The molecular weight excluding hydrogens is 459 g/mol. The van der Waals surface area contributed by atoms with Crippen molar-refractivity contribution in [3.8, 4) is 11.5 Å². The highest BCUT2D eigenvalue weighted by molar-refractivity contribution is 6.01. The van der Waals surface area contributed by atoms with Crippen LogP contribution >= 0.6 is 0 Å². The van der Waals surface area contributed by atoms with Gasteiger partial charge in [0.1, 0.15) is 11.6 Å². The maximum atomic E-state index is 13.3. The van der Waals surface area contributed by atoms with E-state index in [1.807, 2.05) is 60.8 Å². The van der Waals surface area contributed by atoms with Gasteiger partial charge in [-0.25, -0.2) is 9.37 Å². The minimum atomic E-state index is -0.229. The predicted octanol–water partition coefficient (Wildman–Crippen LogP) is 4.36. The second-order valence-corrected chi connectivity index (χ2v) is 8.89. The molecule has 1 saturated heterocycles. The molecule has 182 valence electrons. The van der Waals surface area contributed by atoms with Crippen LogP contribution in [-0.4, -0.2) is 43.9 Å². The molecule has 0 atom stereocenters. The van der Waals surface area contributed by atoms with Crippen molar-refractivity contribution in [3.63, 3.8) is 0 Å². The Morgan fingerprint density at radius 2 is 1.67 bits per heavy atom. The SMILES string of the molecule is O=C(NCc1ccc2c(c1)OCO2)c1ccc2ccnc(N3CCN(c4ccc(F)cc4)CC3)c2c1. The van der Waals surface area contributed by atoms with Gasteiger partial charge in [0.05, 0.1) is 0 Å². The number of pyridine rings is 1. The largest absolute Gasteiger partial charge is 0.454 e. The molecule has 0 bridgehead atoms. The van der Waals surface area contributed by atoms with Crippen LogP contribution in [0.25, 0.3) is 10.8 Å². The van der Waals surface area contributed by atoms with Crippen molar-refractivity contribution in [2.75, 3.05) is 42.8 Å². The molecule has 8 heteroatoms. The molecule has 1 amide bonds. The Labute approximate surface area is 208 Å². The number of halogens is 1. The predicted molar refractivity (Wildman–Crippen MR) is 136 cm³/mol. The van der Waals surface area contributed by atoms with Gasteiger partial charge in [-0.1, -0.05) is 12.1 Å². The molecule has 0 saturated carbocycles. The fourth-order valence-electron chi connectivity index (χ4n) is 4.71. The highest BCUT2D eigenvalue weighted by Gasteiger charge is 2.21. The highest BCUT2D eigenvalue weighted by Crippen LogP contribution is 2.32. The average Bonchev–Trinajstić information content (AvgIpc) is 3.40. The lowest BCUT2D eigenvalue weighted by Crippen LogP contribution is -2.46. The Bertz CT molecular complexity index is 1420. The van der Waals surface area contributed by atoms with Gasteiger partial charge in [-0.3, -0.25) is 4.79 Å².